The number of nitrogens with zero attached hydrogens (tertiary/aromatic N) is 1. The van der Waals surface area contributed by atoms with Crippen LogP contribution < -0.4 is 11.1 Å². The summed E-state index contributed by atoms with van der Waals surface area (Å²) in [6, 6.07) is 7.70. The Kier molecular flexibility index (Phi) is 5.49. The molecule has 5 nitrogen and oxygen atoms in total. The first-order valence-electron chi connectivity index (χ1n) is 5.14. The lowest BCUT2D eigenvalue weighted by Gasteiger charge is -2.10. The molecule has 1 unspecified atom stereocenters. The number of benzene rings is 1. The molecule has 0 spiro atoms. The van der Waals surface area contributed by atoms with Crippen LogP contribution in [0.4, 0.5) is 5.13 Å². The summed E-state index contributed by atoms with van der Waals surface area (Å²) in [6.45, 7) is 0.146. The van der Waals surface area contributed by atoms with Crippen LogP contribution in [0.25, 0.3) is 10.2 Å². The molecule has 0 saturated carbocycles. The minimum Gasteiger partial charge on any atom is -0.370 e. The lowest BCUT2D eigenvalue weighted by Crippen LogP contribution is -2.35. The second-order valence-corrected chi connectivity index (χ2v) is 4.47. The molecule has 0 aliphatic rings. The van der Waals surface area contributed by atoms with Gasteiger partial charge < -0.3 is 10.5 Å². The number of rotatable bonds is 4. The fraction of sp³-hybridized carbons (Fsp3) is 0.273. The monoisotopic (exact) mass is 287 g/mol. The topological polar surface area (TPSA) is 77.2 Å². The number of anilines is 1. The highest BCUT2D eigenvalue weighted by Gasteiger charge is 2.17. The first kappa shape index (κ1) is 14.8. The van der Waals surface area contributed by atoms with Crippen molar-refractivity contribution in [1.82, 2.24) is 4.98 Å². The Hall–Kier alpha value is -1.21. The molecular weight excluding hydrogens is 274 g/mol. The fourth-order valence-corrected chi connectivity index (χ4v) is 2.29. The zero-order valence-electron chi connectivity index (χ0n) is 9.75. The number of fused-ring (bicyclic) bond motifs is 1. The molecule has 1 atom stereocenters. The van der Waals surface area contributed by atoms with Gasteiger partial charge in [0.1, 0.15) is 6.10 Å². The third-order valence-electron chi connectivity index (χ3n) is 2.32. The Morgan fingerprint density at radius 1 is 1.56 bits per heavy atom. The van der Waals surface area contributed by atoms with Crippen LogP contribution in [0.15, 0.2) is 24.3 Å². The number of aromatic nitrogens is 1. The molecule has 0 fully saturated rings. The maximum atomic E-state index is 11.7. The van der Waals surface area contributed by atoms with Crippen molar-refractivity contribution in [3.63, 3.8) is 0 Å². The largest absolute Gasteiger partial charge is 0.370 e. The van der Waals surface area contributed by atoms with Crippen LogP contribution in [-0.2, 0) is 9.53 Å². The summed E-state index contributed by atoms with van der Waals surface area (Å²) in [5.74, 6) is -0.269. The van der Waals surface area contributed by atoms with Gasteiger partial charge in [-0.2, -0.15) is 0 Å². The smallest absolute Gasteiger partial charge is 0.256 e. The average Bonchev–Trinajstić information content (AvgIpc) is 2.72. The number of amides is 1. The van der Waals surface area contributed by atoms with Gasteiger partial charge in [0.2, 0.25) is 0 Å². The molecule has 0 aliphatic heterocycles. The van der Waals surface area contributed by atoms with Crippen LogP contribution in [0.5, 0.6) is 0 Å². The molecule has 0 radical (unpaired) electrons. The van der Waals surface area contributed by atoms with Gasteiger partial charge >= 0.3 is 0 Å². The highest BCUT2D eigenvalue weighted by atomic mass is 35.5. The van der Waals surface area contributed by atoms with E-state index < -0.39 is 6.10 Å². The Balaban J connectivity index is 0.00000162. The van der Waals surface area contributed by atoms with Gasteiger partial charge in [-0.25, -0.2) is 4.98 Å². The second kappa shape index (κ2) is 6.65. The lowest BCUT2D eigenvalue weighted by molar-refractivity contribution is -0.125. The standard InChI is InChI=1S/C11H13N3O2S.ClH/c1-16-8(6-12)10(15)14-11-13-7-4-2-3-5-9(7)17-11;/h2-5,8H,6,12H2,1H3,(H,13,14,15);1H. The molecule has 0 saturated heterocycles. The number of carbonyl (C=O) groups is 1. The molecule has 3 N–H and O–H groups in total. The van der Waals surface area contributed by atoms with Crippen LogP contribution in [0.3, 0.4) is 0 Å². The Bertz CT molecular complexity index is 495. The molecule has 18 heavy (non-hydrogen) atoms. The van der Waals surface area contributed by atoms with Gasteiger partial charge in [-0.15, -0.1) is 12.4 Å². The number of hydrogen-bond acceptors (Lipinski definition) is 5. The summed E-state index contributed by atoms with van der Waals surface area (Å²) >= 11 is 1.42. The number of nitrogens with one attached hydrogen (secondary N) is 1. The van der Waals surface area contributed by atoms with Crippen molar-refractivity contribution in [1.29, 1.82) is 0 Å². The number of nitrogens with two attached hydrogens (primary N) is 1. The Labute approximate surface area is 115 Å². The summed E-state index contributed by atoms with van der Waals surface area (Å²) < 4.78 is 5.98. The summed E-state index contributed by atoms with van der Waals surface area (Å²) in [6.07, 6.45) is -0.637. The van der Waals surface area contributed by atoms with Crippen molar-refractivity contribution in [2.45, 2.75) is 6.10 Å². The SMILES string of the molecule is COC(CN)C(=O)Nc1nc2ccccc2s1.Cl. The van der Waals surface area contributed by atoms with Gasteiger partial charge in [0.15, 0.2) is 5.13 Å². The van der Waals surface area contributed by atoms with Crippen molar-refractivity contribution in [2.24, 2.45) is 5.73 Å². The molecule has 2 rings (SSSR count). The summed E-state index contributed by atoms with van der Waals surface area (Å²) in [7, 11) is 1.45. The van der Waals surface area contributed by atoms with Crippen LogP contribution in [-0.4, -0.2) is 30.6 Å². The predicted octanol–water partition coefficient (Wildman–Crippen LogP) is 1.63. The number of para-hydroxylation sites is 1. The van der Waals surface area contributed by atoms with Crippen molar-refractivity contribution in [2.75, 3.05) is 19.0 Å². The van der Waals surface area contributed by atoms with Crippen LogP contribution >= 0.6 is 23.7 Å². The number of ether oxygens (including phenoxy) is 1. The Morgan fingerprint density at radius 2 is 2.28 bits per heavy atom. The van der Waals surface area contributed by atoms with Gasteiger partial charge in [0, 0.05) is 13.7 Å². The second-order valence-electron chi connectivity index (χ2n) is 3.44. The van der Waals surface area contributed by atoms with E-state index in [-0.39, 0.29) is 24.9 Å². The highest BCUT2D eigenvalue weighted by Crippen LogP contribution is 2.25. The van der Waals surface area contributed by atoms with Gasteiger partial charge in [0.05, 0.1) is 10.2 Å². The van der Waals surface area contributed by atoms with Gasteiger partial charge in [-0.1, -0.05) is 23.5 Å². The van der Waals surface area contributed by atoms with Gasteiger partial charge in [0.25, 0.3) is 5.91 Å². The maximum absolute atomic E-state index is 11.7. The molecule has 1 heterocycles. The highest BCUT2D eigenvalue weighted by molar-refractivity contribution is 7.22. The van der Waals surface area contributed by atoms with E-state index in [0.29, 0.717) is 5.13 Å². The zero-order valence-corrected chi connectivity index (χ0v) is 11.4. The molecule has 1 amide bonds. The normalized spacial score (nSPS) is 11.9. The molecule has 0 aliphatic carbocycles. The minimum absolute atomic E-state index is 0. The summed E-state index contributed by atoms with van der Waals surface area (Å²) in [5, 5.41) is 3.26. The predicted molar refractivity (Wildman–Crippen MR) is 75.3 cm³/mol. The van der Waals surface area contributed by atoms with Crippen molar-refractivity contribution >= 4 is 45.0 Å². The molecular formula is C11H14ClN3O2S. The average molecular weight is 288 g/mol. The zero-order chi connectivity index (χ0) is 12.3. The van der Waals surface area contributed by atoms with Crippen LogP contribution in [0, 0.1) is 0 Å². The fourth-order valence-electron chi connectivity index (χ4n) is 1.42. The Morgan fingerprint density at radius 3 is 2.89 bits per heavy atom. The van der Waals surface area contributed by atoms with E-state index >= 15 is 0 Å². The van der Waals surface area contributed by atoms with Crippen LogP contribution in [0.2, 0.25) is 0 Å². The third-order valence-corrected chi connectivity index (χ3v) is 3.27. The number of methoxy groups -OCH3 is 1. The molecule has 2 aromatic rings. The van der Waals surface area contributed by atoms with E-state index in [1.165, 1.54) is 18.4 Å². The molecule has 7 heteroatoms. The van der Waals surface area contributed by atoms with E-state index in [1.807, 2.05) is 24.3 Å². The number of hydrogen-bond donors (Lipinski definition) is 2. The van der Waals surface area contributed by atoms with Gasteiger partial charge in [-0.05, 0) is 12.1 Å². The van der Waals surface area contributed by atoms with E-state index in [1.54, 1.807) is 0 Å². The quantitative estimate of drug-likeness (QED) is 0.896. The first-order valence-corrected chi connectivity index (χ1v) is 5.95. The minimum atomic E-state index is -0.637. The maximum Gasteiger partial charge on any atom is 0.256 e. The van der Waals surface area contributed by atoms with E-state index in [9.17, 15) is 4.79 Å². The van der Waals surface area contributed by atoms with E-state index in [4.69, 9.17) is 10.5 Å². The number of halogens is 1. The summed E-state index contributed by atoms with van der Waals surface area (Å²) in [4.78, 5) is 16.0. The number of carbonyl (C=O) groups excluding carboxylic acids is 1. The lowest BCUT2D eigenvalue weighted by atomic mass is 10.3. The molecule has 0 bridgehead atoms. The third kappa shape index (κ3) is 3.17. The molecule has 1 aromatic carbocycles. The van der Waals surface area contributed by atoms with Crippen LogP contribution in [0.1, 0.15) is 0 Å². The molecule has 1 aromatic heterocycles. The summed E-state index contributed by atoms with van der Waals surface area (Å²) in [5.41, 5.74) is 6.28. The van der Waals surface area contributed by atoms with E-state index in [2.05, 4.69) is 10.3 Å². The first-order chi connectivity index (χ1) is 8.24. The van der Waals surface area contributed by atoms with Crippen molar-refractivity contribution < 1.29 is 9.53 Å². The van der Waals surface area contributed by atoms with Crippen molar-refractivity contribution in [3.8, 4) is 0 Å². The van der Waals surface area contributed by atoms with Gasteiger partial charge in [-0.3, -0.25) is 10.1 Å². The number of thiazole rings is 1. The van der Waals surface area contributed by atoms with Crippen molar-refractivity contribution in [3.05, 3.63) is 24.3 Å². The molecule has 98 valence electrons. The van der Waals surface area contributed by atoms with E-state index in [0.717, 1.165) is 10.2 Å².